The molecule has 0 aliphatic rings. The Morgan fingerprint density at radius 1 is 0.800 bits per heavy atom. The van der Waals surface area contributed by atoms with Crippen molar-refractivity contribution < 1.29 is 13.9 Å². The molecule has 1 aromatic heterocycles. The van der Waals surface area contributed by atoms with Gasteiger partial charge in [-0.3, -0.25) is 5.41 Å². The highest BCUT2D eigenvalue weighted by Gasteiger charge is 2.09. The number of furan rings is 1. The van der Waals surface area contributed by atoms with Gasteiger partial charge < -0.3 is 19.6 Å². The average Bonchev–Trinajstić information content (AvgIpc) is 3.20. The van der Waals surface area contributed by atoms with E-state index >= 15 is 0 Å². The van der Waals surface area contributed by atoms with Gasteiger partial charge >= 0.3 is 0 Å². The molecule has 0 unspecified atom stereocenters. The third kappa shape index (κ3) is 4.81. The van der Waals surface area contributed by atoms with Gasteiger partial charge in [-0.25, -0.2) is 0 Å². The molecule has 3 aromatic carbocycles. The van der Waals surface area contributed by atoms with Gasteiger partial charge in [0.2, 0.25) is 0 Å². The maximum absolute atomic E-state index is 7.57. The monoisotopic (exact) mass is 400 g/mol. The normalized spacial score (nSPS) is 10.8. The van der Waals surface area contributed by atoms with Crippen molar-refractivity contribution in [3.05, 3.63) is 84.4 Å². The maximum Gasteiger partial charge on any atom is 0.135 e. The number of amidine groups is 1. The molecular weight excluding hydrogens is 376 g/mol. The molecule has 0 aliphatic heterocycles. The summed E-state index contributed by atoms with van der Waals surface area (Å²) in [5, 5.41) is 8.54. The second kappa shape index (κ2) is 9.18. The highest BCUT2D eigenvalue weighted by Crippen LogP contribution is 2.30. The summed E-state index contributed by atoms with van der Waals surface area (Å²) in [7, 11) is 0. The van der Waals surface area contributed by atoms with Crippen molar-refractivity contribution in [2.24, 2.45) is 5.73 Å². The number of benzene rings is 3. The molecule has 0 radical (unpaired) electrons. The van der Waals surface area contributed by atoms with Crippen LogP contribution in [0.3, 0.4) is 0 Å². The zero-order chi connectivity index (χ0) is 20.8. The smallest absolute Gasteiger partial charge is 0.135 e. The largest absolute Gasteiger partial charge is 0.494 e. The molecule has 30 heavy (non-hydrogen) atoms. The van der Waals surface area contributed by atoms with Crippen molar-refractivity contribution in [1.29, 1.82) is 5.41 Å². The third-order valence-electron chi connectivity index (χ3n) is 4.77. The predicted molar refractivity (Wildman–Crippen MR) is 119 cm³/mol. The van der Waals surface area contributed by atoms with E-state index < -0.39 is 0 Å². The van der Waals surface area contributed by atoms with Gasteiger partial charge in [-0.05, 0) is 49.2 Å². The van der Waals surface area contributed by atoms with E-state index in [0.717, 1.165) is 41.1 Å². The number of para-hydroxylation sites is 1. The SMILES string of the molecule is N=C(N)c1ccc2cc(-c3cccc(OCCCCOc4ccccc4)c3)oc2c1. The van der Waals surface area contributed by atoms with E-state index in [-0.39, 0.29) is 5.84 Å². The molecule has 4 rings (SSSR count). The van der Waals surface area contributed by atoms with Crippen LogP contribution in [0.1, 0.15) is 18.4 Å². The van der Waals surface area contributed by atoms with E-state index in [1.807, 2.05) is 72.8 Å². The lowest BCUT2D eigenvalue weighted by Crippen LogP contribution is -2.10. The number of nitrogens with two attached hydrogens (primary N) is 1. The molecule has 1 heterocycles. The number of ether oxygens (including phenoxy) is 2. The lowest BCUT2D eigenvalue weighted by molar-refractivity contribution is 0.266. The molecular formula is C25H24N2O3. The quantitative estimate of drug-likeness (QED) is 0.217. The Balaban J connectivity index is 1.32. The molecule has 0 fully saturated rings. The Morgan fingerprint density at radius 3 is 2.30 bits per heavy atom. The number of fused-ring (bicyclic) bond motifs is 1. The Labute approximate surface area is 175 Å². The van der Waals surface area contributed by atoms with E-state index in [4.69, 9.17) is 25.0 Å². The zero-order valence-corrected chi connectivity index (χ0v) is 16.6. The summed E-state index contributed by atoms with van der Waals surface area (Å²) in [6.07, 6.45) is 1.84. The fourth-order valence-corrected chi connectivity index (χ4v) is 3.18. The Kier molecular flexibility index (Phi) is 5.99. The zero-order valence-electron chi connectivity index (χ0n) is 16.6. The predicted octanol–water partition coefficient (Wildman–Crippen LogP) is 5.62. The molecule has 5 nitrogen and oxygen atoms in total. The van der Waals surface area contributed by atoms with E-state index in [1.54, 1.807) is 6.07 Å². The first-order valence-corrected chi connectivity index (χ1v) is 9.98. The molecule has 4 aromatic rings. The fraction of sp³-hybridized carbons (Fsp3) is 0.160. The van der Waals surface area contributed by atoms with Crippen molar-refractivity contribution in [2.75, 3.05) is 13.2 Å². The standard InChI is InChI=1S/C25H24N2O3/c26-25(27)20-12-11-19-16-23(30-24(19)17-20)18-7-6-10-22(15-18)29-14-5-4-13-28-21-8-2-1-3-9-21/h1-3,6-12,15-17H,4-5,13-14H2,(H3,26,27). The average molecular weight is 400 g/mol. The van der Waals surface area contributed by atoms with Gasteiger partial charge in [-0.2, -0.15) is 0 Å². The van der Waals surface area contributed by atoms with Crippen LogP contribution in [-0.4, -0.2) is 19.0 Å². The molecule has 0 atom stereocenters. The molecule has 0 amide bonds. The van der Waals surface area contributed by atoms with Crippen molar-refractivity contribution >= 4 is 16.8 Å². The van der Waals surface area contributed by atoms with Crippen LogP contribution in [0.25, 0.3) is 22.3 Å². The molecule has 0 bridgehead atoms. The highest BCUT2D eigenvalue weighted by molar-refractivity contribution is 5.98. The second-order valence-corrected chi connectivity index (χ2v) is 7.02. The van der Waals surface area contributed by atoms with Gasteiger partial charge in [0.05, 0.1) is 13.2 Å². The van der Waals surface area contributed by atoms with Crippen LogP contribution in [0, 0.1) is 5.41 Å². The summed E-state index contributed by atoms with van der Waals surface area (Å²) in [6.45, 7) is 1.30. The van der Waals surface area contributed by atoms with E-state index in [9.17, 15) is 0 Å². The second-order valence-electron chi connectivity index (χ2n) is 7.02. The molecule has 0 spiro atoms. The van der Waals surface area contributed by atoms with Crippen molar-refractivity contribution in [1.82, 2.24) is 0 Å². The minimum atomic E-state index is 0.0272. The molecule has 0 saturated heterocycles. The summed E-state index contributed by atoms with van der Waals surface area (Å²) in [5.41, 5.74) is 7.87. The molecule has 152 valence electrons. The van der Waals surface area contributed by atoms with Gasteiger partial charge in [-0.15, -0.1) is 0 Å². The molecule has 0 aliphatic carbocycles. The molecule has 5 heteroatoms. The first kappa shape index (κ1) is 19.6. The number of nitrogen functional groups attached to an aromatic ring is 1. The van der Waals surface area contributed by atoms with Gasteiger partial charge in [-0.1, -0.05) is 42.5 Å². The Hall–Kier alpha value is -3.73. The van der Waals surface area contributed by atoms with Crippen molar-refractivity contribution in [2.45, 2.75) is 12.8 Å². The van der Waals surface area contributed by atoms with Gasteiger partial charge in [0.15, 0.2) is 0 Å². The first-order valence-electron chi connectivity index (χ1n) is 9.98. The first-order chi connectivity index (χ1) is 14.7. The van der Waals surface area contributed by atoms with Crippen LogP contribution in [-0.2, 0) is 0 Å². The van der Waals surface area contributed by atoms with Gasteiger partial charge in [0, 0.05) is 16.5 Å². The van der Waals surface area contributed by atoms with Crippen molar-refractivity contribution in [3.63, 3.8) is 0 Å². The van der Waals surface area contributed by atoms with Crippen LogP contribution in [0.15, 0.2) is 83.3 Å². The minimum absolute atomic E-state index is 0.0272. The van der Waals surface area contributed by atoms with E-state index in [0.29, 0.717) is 24.4 Å². The van der Waals surface area contributed by atoms with E-state index in [2.05, 4.69) is 0 Å². The van der Waals surface area contributed by atoms with Crippen LogP contribution in [0.2, 0.25) is 0 Å². The lowest BCUT2D eigenvalue weighted by atomic mass is 10.1. The molecule has 3 N–H and O–H groups in total. The summed E-state index contributed by atoms with van der Waals surface area (Å²) < 4.78 is 17.6. The Bertz CT molecular complexity index is 1140. The number of nitrogens with one attached hydrogen (secondary N) is 1. The minimum Gasteiger partial charge on any atom is -0.494 e. The maximum atomic E-state index is 7.57. The molecule has 0 saturated carbocycles. The summed E-state index contributed by atoms with van der Waals surface area (Å²) in [4.78, 5) is 0. The number of hydrogen-bond acceptors (Lipinski definition) is 4. The lowest BCUT2D eigenvalue weighted by Gasteiger charge is -2.08. The third-order valence-corrected chi connectivity index (χ3v) is 4.77. The van der Waals surface area contributed by atoms with Crippen LogP contribution >= 0.6 is 0 Å². The van der Waals surface area contributed by atoms with Crippen molar-refractivity contribution in [3.8, 4) is 22.8 Å². The van der Waals surface area contributed by atoms with Crippen LogP contribution in [0.5, 0.6) is 11.5 Å². The summed E-state index contributed by atoms with van der Waals surface area (Å²) in [6, 6.07) is 25.2. The van der Waals surface area contributed by atoms with Gasteiger partial charge in [0.25, 0.3) is 0 Å². The summed E-state index contributed by atoms with van der Waals surface area (Å²) in [5.74, 6) is 2.49. The topological polar surface area (TPSA) is 81.5 Å². The number of unbranched alkanes of at least 4 members (excludes halogenated alkanes) is 1. The van der Waals surface area contributed by atoms with Crippen LogP contribution in [0.4, 0.5) is 0 Å². The Morgan fingerprint density at radius 2 is 1.53 bits per heavy atom. The number of hydrogen-bond donors (Lipinski definition) is 2. The van der Waals surface area contributed by atoms with Crippen LogP contribution < -0.4 is 15.2 Å². The number of rotatable bonds is 9. The highest BCUT2D eigenvalue weighted by atomic mass is 16.5. The summed E-state index contributed by atoms with van der Waals surface area (Å²) >= 11 is 0. The van der Waals surface area contributed by atoms with E-state index in [1.165, 1.54) is 0 Å². The van der Waals surface area contributed by atoms with Gasteiger partial charge in [0.1, 0.15) is 28.7 Å². The fourth-order valence-electron chi connectivity index (χ4n) is 3.18.